The fourth-order valence-electron chi connectivity index (χ4n) is 2.39. The van der Waals surface area contributed by atoms with E-state index in [2.05, 4.69) is 5.32 Å². The molecule has 4 atom stereocenters. The third-order valence-corrected chi connectivity index (χ3v) is 5.50. The topological polar surface area (TPSA) is 66.5 Å². The third-order valence-electron chi connectivity index (χ3n) is 4.13. The lowest BCUT2D eigenvalue weighted by Gasteiger charge is -2.38. The number of carbonyl (C=O) groups excluding carboxylic acids is 2. The Morgan fingerprint density at radius 1 is 1.42 bits per heavy atom. The van der Waals surface area contributed by atoms with Gasteiger partial charge in [0.1, 0.15) is 12.1 Å². The van der Waals surface area contributed by atoms with E-state index in [-0.39, 0.29) is 23.1 Å². The van der Waals surface area contributed by atoms with Crippen LogP contribution >= 0.6 is 0 Å². The van der Waals surface area contributed by atoms with E-state index >= 15 is 0 Å². The van der Waals surface area contributed by atoms with Crippen molar-refractivity contribution in [2.45, 2.75) is 50.4 Å². The molecular formula is C13H22N2O3S. The van der Waals surface area contributed by atoms with E-state index in [1.165, 1.54) is 0 Å². The molecule has 0 bridgehead atoms. The Hall–Kier alpha value is -0.910. The molecule has 1 saturated heterocycles. The maximum absolute atomic E-state index is 12.4. The number of rotatable bonds is 5. The molecule has 0 radical (unpaired) electrons. The Balaban J connectivity index is 2.01. The molecule has 2 aliphatic rings. The lowest BCUT2D eigenvalue weighted by atomic mass is 10.0. The molecule has 2 amide bonds. The van der Waals surface area contributed by atoms with Crippen LogP contribution in [0.5, 0.6) is 0 Å². The Bertz CT molecular complexity index is 409. The average molecular weight is 286 g/mol. The minimum Gasteiger partial charge on any atom is -0.342 e. The van der Waals surface area contributed by atoms with E-state index in [0.29, 0.717) is 18.9 Å². The van der Waals surface area contributed by atoms with Crippen LogP contribution in [-0.2, 0) is 20.4 Å². The molecule has 6 heteroatoms. The van der Waals surface area contributed by atoms with Gasteiger partial charge in [0, 0.05) is 28.9 Å². The predicted octanol–water partition coefficient (Wildman–Crippen LogP) is 0.269. The highest BCUT2D eigenvalue weighted by molar-refractivity contribution is 7.84. The standard InChI is InChI=1S/C13H22N2O3S/c1-8(19(3)18)6-7-15-9(2)12(16)14-11(13(15)17)10-4-5-10/h8-11H,4-7H2,1-3H3,(H,14,16). The van der Waals surface area contributed by atoms with Gasteiger partial charge in [-0.1, -0.05) is 6.92 Å². The van der Waals surface area contributed by atoms with E-state index in [1.807, 2.05) is 6.92 Å². The molecule has 2 fully saturated rings. The summed E-state index contributed by atoms with van der Waals surface area (Å²) in [5.74, 6) is 0.287. The van der Waals surface area contributed by atoms with Gasteiger partial charge in [-0.05, 0) is 32.1 Å². The molecule has 1 aliphatic heterocycles. The van der Waals surface area contributed by atoms with Crippen LogP contribution in [0.4, 0.5) is 0 Å². The second-order valence-corrected chi connectivity index (χ2v) is 7.43. The van der Waals surface area contributed by atoms with Crippen LogP contribution < -0.4 is 5.32 Å². The number of piperazine rings is 1. The summed E-state index contributed by atoms with van der Waals surface area (Å²) >= 11 is 0. The summed E-state index contributed by atoms with van der Waals surface area (Å²) in [6.45, 7) is 4.18. The van der Waals surface area contributed by atoms with Crippen molar-refractivity contribution in [3.05, 3.63) is 0 Å². The van der Waals surface area contributed by atoms with Crippen LogP contribution in [0.15, 0.2) is 0 Å². The maximum Gasteiger partial charge on any atom is 0.246 e. The third kappa shape index (κ3) is 3.16. The molecule has 0 aromatic heterocycles. The minimum absolute atomic E-state index is 0.0312. The molecule has 4 unspecified atom stereocenters. The second kappa shape index (κ2) is 5.61. The minimum atomic E-state index is -0.890. The first kappa shape index (κ1) is 14.5. The number of hydrogen-bond acceptors (Lipinski definition) is 3. The summed E-state index contributed by atoms with van der Waals surface area (Å²) in [7, 11) is -0.890. The van der Waals surface area contributed by atoms with Crippen LogP contribution in [0, 0.1) is 5.92 Å². The lowest BCUT2D eigenvalue weighted by Crippen LogP contribution is -2.63. The van der Waals surface area contributed by atoms with E-state index in [1.54, 1.807) is 18.1 Å². The maximum atomic E-state index is 12.4. The highest BCUT2D eigenvalue weighted by atomic mass is 32.2. The molecule has 1 aliphatic carbocycles. The molecule has 108 valence electrons. The summed E-state index contributed by atoms with van der Waals surface area (Å²) in [5.41, 5.74) is 0. The van der Waals surface area contributed by atoms with Gasteiger partial charge in [0.15, 0.2) is 0 Å². The van der Waals surface area contributed by atoms with Gasteiger partial charge < -0.3 is 10.2 Å². The van der Waals surface area contributed by atoms with Gasteiger partial charge in [-0.2, -0.15) is 0 Å². The number of carbonyl (C=O) groups is 2. The fourth-order valence-corrected chi connectivity index (χ4v) is 2.82. The monoisotopic (exact) mass is 286 g/mol. The van der Waals surface area contributed by atoms with Gasteiger partial charge in [0.25, 0.3) is 0 Å². The normalized spacial score (nSPS) is 31.0. The van der Waals surface area contributed by atoms with Crippen molar-refractivity contribution in [3.63, 3.8) is 0 Å². The first-order chi connectivity index (χ1) is 8.91. The fraction of sp³-hybridized carbons (Fsp3) is 0.846. The van der Waals surface area contributed by atoms with Crippen molar-refractivity contribution in [2.75, 3.05) is 12.8 Å². The first-order valence-electron chi connectivity index (χ1n) is 6.85. The average Bonchev–Trinajstić information content (AvgIpc) is 3.17. The lowest BCUT2D eigenvalue weighted by molar-refractivity contribution is -0.149. The van der Waals surface area contributed by atoms with Gasteiger partial charge in [-0.15, -0.1) is 0 Å². The molecule has 0 aromatic carbocycles. The zero-order chi connectivity index (χ0) is 14.2. The molecule has 19 heavy (non-hydrogen) atoms. The van der Waals surface area contributed by atoms with E-state index in [4.69, 9.17) is 0 Å². The highest BCUT2D eigenvalue weighted by Crippen LogP contribution is 2.35. The largest absolute Gasteiger partial charge is 0.342 e. The molecule has 0 aromatic rings. The summed E-state index contributed by atoms with van der Waals surface area (Å²) in [5, 5.41) is 2.87. The number of nitrogens with zero attached hydrogens (tertiary/aromatic N) is 1. The zero-order valence-electron chi connectivity index (χ0n) is 11.7. The molecular weight excluding hydrogens is 264 g/mol. The van der Waals surface area contributed by atoms with Crippen molar-refractivity contribution in [2.24, 2.45) is 5.92 Å². The van der Waals surface area contributed by atoms with E-state index in [0.717, 1.165) is 12.8 Å². The molecule has 1 heterocycles. The van der Waals surface area contributed by atoms with Gasteiger partial charge in [0.2, 0.25) is 11.8 Å². The predicted molar refractivity (Wildman–Crippen MR) is 74.0 cm³/mol. The van der Waals surface area contributed by atoms with Crippen molar-refractivity contribution < 1.29 is 13.8 Å². The molecule has 5 nitrogen and oxygen atoms in total. The van der Waals surface area contributed by atoms with Crippen LogP contribution in [-0.4, -0.2) is 51.1 Å². The summed E-state index contributed by atoms with van der Waals surface area (Å²) < 4.78 is 11.4. The van der Waals surface area contributed by atoms with Crippen LogP contribution in [0.1, 0.15) is 33.1 Å². The van der Waals surface area contributed by atoms with Crippen LogP contribution in [0.3, 0.4) is 0 Å². The Labute approximate surface area is 116 Å². The van der Waals surface area contributed by atoms with Gasteiger partial charge >= 0.3 is 0 Å². The quantitative estimate of drug-likeness (QED) is 0.789. The van der Waals surface area contributed by atoms with E-state index < -0.39 is 16.8 Å². The Kier molecular flexibility index (Phi) is 4.28. The van der Waals surface area contributed by atoms with Gasteiger partial charge in [-0.25, -0.2) is 0 Å². The first-order valence-corrected chi connectivity index (χ1v) is 8.47. The summed E-state index contributed by atoms with van der Waals surface area (Å²) in [4.78, 5) is 25.9. The van der Waals surface area contributed by atoms with Gasteiger partial charge in [-0.3, -0.25) is 13.8 Å². The van der Waals surface area contributed by atoms with E-state index in [9.17, 15) is 13.8 Å². The Morgan fingerprint density at radius 3 is 2.58 bits per heavy atom. The SMILES string of the molecule is CC1C(=O)NC(C2CC2)C(=O)N1CCC(C)S(C)=O. The highest BCUT2D eigenvalue weighted by Gasteiger charge is 2.45. The Morgan fingerprint density at radius 2 is 2.05 bits per heavy atom. The second-order valence-electron chi connectivity index (χ2n) is 5.63. The van der Waals surface area contributed by atoms with Crippen molar-refractivity contribution in [1.82, 2.24) is 10.2 Å². The molecule has 0 spiro atoms. The molecule has 1 saturated carbocycles. The van der Waals surface area contributed by atoms with Crippen molar-refractivity contribution in [3.8, 4) is 0 Å². The van der Waals surface area contributed by atoms with Crippen molar-refractivity contribution >= 4 is 22.6 Å². The molecule has 1 N–H and O–H groups in total. The smallest absolute Gasteiger partial charge is 0.246 e. The summed E-state index contributed by atoms with van der Waals surface area (Å²) in [6, 6.07) is -0.744. The zero-order valence-corrected chi connectivity index (χ0v) is 12.5. The summed E-state index contributed by atoms with van der Waals surface area (Å²) in [6.07, 6.45) is 4.39. The van der Waals surface area contributed by atoms with Crippen molar-refractivity contribution in [1.29, 1.82) is 0 Å². The number of amides is 2. The number of nitrogens with one attached hydrogen (secondary N) is 1. The van der Waals surface area contributed by atoms with Crippen LogP contribution in [0.2, 0.25) is 0 Å². The molecule has 2 rings (SSSR count). The number of hydrogen-bond donors (Lipinski definition) is 1. The van der Waals surface area contributed by atoms with Crippen LogP contribution in [0.25, 0.3) is 0 Å². The van der Waals surface area contributed by atoms with Gasteiger partial charge in [0.05, 0.1) is 0 Å².